The van der Waals surface area contributed by atoms with Crippen LogP contribution >= 0.6 is 0 Å². The zero-order valence-electron chi connectivity index (χ0n) is 15.3. The van der Waals surface area contributed by atoms with Crippen molar-refractivity contribution in [1.29, 1.82) is 0 Å². The SMILES string of the molecule is O=C(NCc1ccco1)C(=O)NC[C@H](c1ccco1)N1CCc2ccccc21. The van der Waals surface area contributed by atoms with Gasteiger partial charge in [-0.1, -0.05) is 18.2 Å². The monoisotopic (exact) mass is 379 g/mol. The number of para-hydroxylation sites is 1. The number of hydrogen-bond donors (Lipinski definition) is 2. The van der Waals surface area contributed by atoms with Crippen LogP contribution in [0.1, 0.15) is 23.1 Å². The van der Waals surface area contributed by atoms with Crippen LogP contribution in [0.5, 0.6) is 0 Å². The first-order chi connectivity index (χ1) is 13.7. The molecular formula is C21H21N3O4. The summed E-state index contributed by atoms with van der Waals surface area (Å²) in [6, 6.07) is 15.2. The highest BCUT2D eigenvalue weighted by atomic mass is 16.3. The summed E-state index contributed by atoms with van der Waals surface area (Å²) >= 11 is 0. The molecule has 2 aromatic heterocycles. The topological polar surface area (TPSA) is 87.7 Å². The molecule has 7 heteroatoms. The largest absolute Gasteiger partial charge is 0.467 e. The molecular weight excluding hydrogens is 358 g/mol. The van der Waals surface area contributed by atoms with E-state index in [0.717, 1.165) is 24.4 Å². The number of nitrogens with zero attached hydrogens (tertiary/aromatic N) is 1. The molecule has 3 heterocycles. The maximum Gasteiger partial charge on any atom is 0.309 e. The number of rotatable bonds is 6. The van der Waals surface area contributed by atoms with Gasteiger partial charge >= 0.3 is 11.8 Å². The molecule has 0 unspecified atom stereocenters. The van der Waals surface area contributed by atoms with Crippen LogP contribution < -0.4 is 15.5 Å². The smallest absolute Gasteiger partial charge is 0.309 e. The van der Waals surface area contributed by atoms with Gasteiger partial charge in [0.2, 0.25) is 0 Å². The highest BCUT2D eigenvalue weighted by molar-refractivity contribution is 6.35. The number of anilines is 1. The standard InChI is InChI=1S/C21H21N3O4/c25-20(22-13-16-6-3-11-27-16)21(26)23-14-18(19-8-4-12-28-19)24-10-9-15-5-1-2-7-17(15)24/h1-8,11-12,18H,9-10,13-14H2,(H,22,25)(H,23,26)/t18-/m1/s1. The van der Waals surface area contributed by atoms with Gasteiger partial charge in [0.25, 0.3) is 0 Å². The van der Waals surface area contributed by atoms with Crippen LogP contribution in [0.25, 0.3) is 0 Å². The minimum atomic E-state index is -0.698. The Kier molecular flexibility index (Phi) is 5.14. The minimum Gasteiger partial charge on any atom is -0.467 e. The van der Waals surface area contributed by atoms with Crippen molar-refractivity contribution in [2.45, 2.75) is 19.0 Å². The predicted molar refractivity (Wildman–Crippen MR) is 103 cm³/mol. The zero-order chi connectivity index (χ0) is 19.3. The number of carbonyl (C=O) groups is 2. The third-order valence-corrected chi connectivity index (χ3v) is 4.84. The van der Waals surface area contributed by atoms with E-state index in [1.807, 2.05) is 24.3 Å². The molecule has 0 aliphatic carbocycles. The third kappa shape index (κ3) is 3.78. The Morgan fingerprint density at radius 3 is 2.54 bits per heavy atom. The molecule has 0 spiro atoms. The van der Waals surface area contributed by atoms with Gasteiger partial charge in [0, 0.05) is 18.8 Å². The molecule has 0 radical (unpaired) electrons. The van der Waals surface area contributed by atoms with Crippen molar-refractivity contribution in [2.75, 3.05) is 18.0 Å². The van der Waals surface area contributed by atoms with E-state index in [9.17, 15) is 9.59 Å². The molecule has 4 rings (SSSR count). The number of benzene rings is 1. The van der Waals surface area contributed by atoms with Crippen molar-refractivity contribution in [3.8, 4) is 0 Å². The second-order valence-corrected chi connectivity index (χ2v) is 6.58. The summed E-state index contributed by atoms with van der Waals surface area (Å²) in [5, 5.41) is 5.27. The van der Waals surface area contributed by atoms with Gasteiger partial charge in [-0.3, -0.25) is 9.59 Å². The van der Waals surface area contributed by atoms with E-state index in [1.165, 1.54) is 11.8 Å². The zero-order valence-corrected chi connectivity index (χ0v) is 15.3. The Morgan fingerprint density at radius 1 is 0.964 bits per heavy atom. The molecule has 0 fully saturated rings. The van der Waals surface area contributed by atoms with Gasteiger partial charge in [0.15, 0.2) is 0 Å². The van der Waals surface area contributed by atoms with Crippen LogP contribution in [0.3, 0.4) is 0 Å². The number of furan rings is 2. The van der Waals surface area contributed by atoms with E-state index in [2.05, 4.69) is 27.7 Å². The Bertz CT molecular complexity index is 934. The lowest BCUT2D eigenvalue weighted by Crippen LogP contribution is -2.43. The summed E-state index contributed by atoms with van der Waals surface area (Å²) in [5.74, 6) is -0.0525. The van der Waals surface area contributed by atoms with E-state index < -0.39 is 11.8 Å². The van der Waals surface area contributed by atoms with Crippen LogP contribution in [0.15, 0.2) is 69.9 Å². The number of carbonyl (C=O) groups excluding carboxylic acids is 2. The molecule has 1 aliphatic rings. The van der Waals surface area contributed by atoms with Crippen molar-refractivity contribution in [1.82, 2.24) is 10.6 Å². The highest BCUT2D eigenvalue weighted by Gasteiger charge is 2.29. The number of hydrogen-bond acceptors (Lipinski definition) is 5. The van der Waals surface area contributed by atoms with Gasteiger partial charge in [-0.2, -0.15) is 0 Å². The van der Waals surface area contributed by atoms with Crippen LogP contribution in [-0.2, 0) is 22.6 Å². The fourth-order valence-corrected chi connectivity index (χ4v) is 3.46. The summed E-state index contributed by atoms with van der Waals surface area (Å²) in [6.45, 7) is 1.25. The van der Waals surface area contributed by atoms with Crippen LogP contribution in [0, 0.1) is 0 Å². The first-order valence-electron chi connectivity index (χ1n) is 9.19. The van der Waals surface area contributed by atoms with Gasteiger partial charge < -0.3 is 24.4 Å². The van der Waals surface area contributed by atoms with E-state index >= 15 is 0 Å². The molecule has 1 atom stereocenters. The molecule has 144 valence electrons. The third-order valence-electron chi connectivity index (χ3n) is 4.84. The first kappa shape index (κ1) is 17.9. The van der Waals surface area contributed by atoms with Crippen LogP contribution in [0.4, 0.5) is 5.69 Å². The van der Waals surface area contributed by atoms with E-state index in [4.69, 9.17) is 8.83 Å². The predicted octanol–water partition coefficient (Wildman–Crippen LogP) is 2.41. The van der Waals surface area contributed by atoms with Crippen molar-refractivity contribution >= 4 is 17.5 Å². The van der Waals surface area contributed by atoms with E-state index in [-0.39, 0.29) is 19.1 Å². The lowest BCUT2D eigenvalue weighted by atomic mass is 10.1. The van der Waals surface area contributed by atoms with Crippen molar-refractivity contribution < 1.29 is 18.4 Å². The first-order valence-corrected chi connectivity index (χ1v) is 9.19. The van der Waals surface area contributed by atoms with Crippen molar-refractivity contribution in [3.63, 3.8) is 0 Å². The molecule has 2 N–H and O–H groups in total. The van der Waals surface area contributed by atoms with Gasteiger partial charge in [0.1, 0.15) is 17.6 Å². The summed E-state index contributed by atoms with van der Waals surface area (Å²) in [7, 11) is 0. The van der Waals surface area contributed by atoms with Gasteiger partial charge in [-0.25, -0.2) is 0 Å². The van der Waals surface area contributed by atoms with E-state index in [0.29, 0.717) is 5.76 Å². The Balaban J connectivity index is 1.41. The van der Waals surface area contributed by atoms with Gasteiger partial charge in [0.05, 0.1) is 19.1 Å². The fourth-order valence-electron chi connectivity index (χ4n) is 3.46. The summed E-state index contributed by atoms with van der Waals surface area (Å²) in [6.07, 6.45) is 4.07. The van der Waals surface area contributed by atoms with Crippen LogP contribution in [-0.4, -0.2) is 24.9 Å². The second kappa shape index (κ2) is 8.04. The molecule has 0 saturated heterocycles. The number of nitrogens with one attached hydrogen (secondary N) is 2. The summed E-state index contributed by atoms with van der Waals surface area (Å²) < 4.78 is 10.8. The molecule has 7 nitrogen and oxygen atoms in total. The summed E-state index contributed by atoms with van der Waals surface area (Å²) in [5.41, 5.74) is 2.39. The van der Waals surface area contributed by atoms with Crippen LogP contribution in [0.2, 0.25) is 0 Å². The molecule has 0 saturated carbocycles. The van der Waals surface area contributed by atoms with Crippen molar-refractivity contribution in [3.05, 3.63) is 78.1 Å². The highest BCUT2D eigenvalue weighted by Crippen LogP contribution is 2.34. The molecule has 0 bridgehead atoms. The maximum atomic E-state index is 12.2. The molecule has 3 aromatic rings. The Labute approximate surface area is 162 Å². The average molecular weight is 379 g/mol. The van der Waals surface area contributed by atoms with Gasteiger partial charge in [-0.15, -0.1) is 0 Å². The average Bonchev–Trinajstić information content (AvgIpc) is 3.48. The molecule has 1 aliphatic heterocycles. The van der Waals surface area contributed by atoms with Gasteiger partial charge in [-0.05, 0) is 42.3 Å². The lowest BCUT2D eigenvalue weighted by Gasteiger charge is -2.29. The Hall–Kier alpha value is -3.48. The number of fused-ring (bicyclic) bond motifs is 1. The Morgan fingerprint density at radius 2 is 1.75 bits per heavy atom. The molecule has 2 amide bonds. The van der Waals surface area contributed by atoms with E-state index in [1.54, 1.807) is 18.4 Å². The summed E-state index contributed by atoms with van der Waals surface area (Å²) in [4.78, 5) is 26.5. The lowest BCUT2D eigenvalue weighted by molar-refractivity contribution is -0.139. The molecule has 28 heavy (non-hydrogen) atoms. The second-order valence-electron chi connectivity index (χ2n) is 6.58. The minimum absolute atomic E-state index is 0.167. The fraction of sp³-hybridized carbons (Fsp3) is 0.238. The number of amides is 2. The quantitative estimate of drug-likeness (QED) is 0.642. The van der Waals surface area contributed by atoms with Crippen molar-refractivity contribution in [2.24, 2.45) is 0 Å². The normalized spacial score (nSPS) is 13.8. The maximum absolute atomic E-state index is 12.2. The molecule has 1 aromatic carbocycles.